The lowest BCUT2D eigenvalue weighted by Gasteiger charge is -2.33. The van der Waals surface area contributed by atoms with Gasteiger partial charge in [-0.25, -0.2) is 0 Å². The number of nitrogens with zero attached hydrogens (tertiary/aromatic N) is 1. The van der Waals surface area contributed by atoms with E-state index in [1.54, 1.807) is 14.2 Å². The van der Waals surface area contributed by atoms with Gasteiger partial charge in [0.05, 0.1) is 33.8 Å². The summed E-state index contributed by atoms with van der Waals surface area (Å²) in [5.74, 6) is 1.40. The van der Waals surface area contributed by atoms with Crippen molar-refractivity contribution >= 4 is 5.91 Å². The lowest BCUT2D eigenvalue weighted by molar-refractivity contribution is -0.138. The van der Waals surface area contributed by atoms with Crippen LogP contribution in [0.15, 0.2) is 42.5 Å². The Hall–Kier alpha value is -2.53. The predicted molar refractivity (Wildman–Crippen MR) is 104 cm³/mol. The fourth-order valence-corrected chi connectivity index (χ4v) is 3.32. The van der Waals surface area contributed by atoms with E-state index in [0.29, 0.717) is 37.6 Å². The van der Waals surface area contributed by atoms with Crippen molar-refractivity contribution in [3.8, 4) is 11.5 Å². The normalized spacial score (nSPS) is 16.9. The molecule has 5 heteroatoms. The maximum absolute atomic E-state index is 12.8. The largest absolute Gasteiger partial charge is 0.493 e. The number of hydrogen-bond donors (Lipinski definition) is 0. The first kappa shape index (κ1) is 19.2. The molecule has 2 aromatic carbocycles. The first-order valence-electron chi connectivity index (χ1n) is 9.33. The van der Waals surface area contributed by atoms with E-state index in [9.17, 15) is 4.79 Å². The van der Waals surface area contributed by atoms with Gasteiger partial charge in [-0.1, -0.05) is 37.3 Å². The standard InChI is InChI=1S/C22H27NO4/c1-4-16-5-8-18(9-6-16)21-15-23(11-12-27-21)22(24)14-17-7-10-19(25-2)20(13-17)26-3/h5-10,13,21H,4,11-12,14-15H2,1-3H3. The molecule has 2 aromatic rings. The molecule has 1 aliphatic heterocycles. The molecule has 5 nitrogen and oxygen atoms in total. The fourth-order valence-electron chi connectivity index (χ4n) is 3.32. The highest BCUT2D eigenvalue weighted by molar-refractivity contribution is 5.79. The molecule has 1 fully saturated rings. The zero-order valence-electron chi connectivity index (χ0n) is 16.2. The topological polar surface area (TPSA) is 48.0 Å². The second kappa shape index (κ2) is 8.91. The Labute approximate surface area is 160 Å². The number of methoxy groups -OCH3 is 2. The summed E-state index contributed by atoms with van der Waals surface area (Å²) in [6.07, 6.45) is 1.28. The highest BCUT2D eigenvalue weighted by atomic mass is 16.5. The number of hydrogen-bond acceptors (Lipinski definition) is 4. The van der Waals surface area contributed by atoms with Crippen molar-refractivity contribution in [2.24, 2.45) is 0 Å². The van der Waals surface area contributed by atoms with Gasteiger partial charge in [0.2, 0.25) is 5.91 Å². The number of carbonyl (C=O) groups excluding carboxylic acids is 1. The Balaban J connectivity index is 1.66. The van der Waals surface area contributed by atoms with Gasteiger partial charge >= 0.3 is 0 Å². The molecule has 1 atom stereocenters. The summed E-state index contributed by atoms with van der Waals surface area (Å²) in [6, 6.07) is 14.1. The minimum atomic E-state index is -0.0704. The molecule has 1 unspecified atom stereocenters. The van der Waals surface area contributed by atoms with E-state index in [2.05, 4.69) is 31.2 Å². The Morgan fingerprint density at radius 2 is 1.78 bits per heavy atom. The molecule has 144 valence electrons. The minimum absolute atomic E-state index is 0.0704. The number of aryl methyl sites for hydroxylation is 1. The number of amides is 1. The van der Waals surface area contributed by atoms with Crippen LogP contribution in [0.2, 0.25) is 0 Å². The van der Waals surface area contributed by atoms with E-state index >= 15 is 0 Å². The lowest BCUT2D eigenvalue weighted by Crippen LogP contribution is -2.43. The molecule has 1 saturated heterocycles. The maximum Gasteiger partial charge on any atom is 0.227 e. The average Bonchev–Trinajstić information content (AvgIpc) is 2.73. The van der Waals surface area contributed by atoms with Crippen molar-refractivity contribution in [1.29, 1.82) is 0 Å². The predicted octanol–water partition coefficient (Wildman–Crippen LogP) is 3.41. The molecule has 0 bridgehead atoms. The molecule has 1 aliphatic rings. The van der Waals surface area contributed by atoms with Gasteiger partial charge < -0.3 is 19.1 Å². The van der Waals surface area contributed by atoms with Crippen molar-refractivity contribution < 1.29 is 19.0 Å². The van der Waals surface area contributed by atoms with E-state index in [0.717, 1.165) is 17.5 Å². The van der Waals surface area contributed by atoms with Crippen LogP contribution in [0.4, 0.5) is 0 Å². The van der Waals surface area contributed by atoms with E-state index in [1.165, 1.54) is 5.56 Å². The number of benzene rings is 2. The second-order valence-electron chi connectivity index (χ2n) is 6.66. The highest BCUT2D eigenvalue weighted by Crippen LogP contribution is 2.28. The molecule has 27 heavy (non-hydrogen) atoms. The van der Waals surface area contributed by atoms with Crippen molar-refractivity contribution in [2.45, 2.75) is 25.9 Å². The summed E-state index contributed by atoms with van der Waals surface area (Å²) < 4.78 is 16.5. The number of morpholine rings is 1. The van der Waals surface area contributed by atoms with Crippen LogP contribution in [0, 0.1) is 0 Å². The SMILES string of the molecule is CCc1ccc(C2CN(C(=O)Cc3ccc(OC)c(OC)c3)CCO2)cc1. The summed E-state index contributed by atoms with van der Waals surface area (Å²) in [7, 11) is 3.20. The quantitative estimate of drug-likeness (QED) is 0.783. The van der Waals surface area contributed by atoms with Gasteiger partial charge in [-0.05, 0) is 35.2 Å². The highest BCUT2D eigenvalue weighted by Gasteiger charge is 2.25. The summed E-state index contributed by atoms with van der Waals surface area (Å²) in [4.78, 5) is 14.7. The van der Waals surface area contributed by atoms with Gasteiger partial charge in [-0.15, -0.1) is 0 Å². The number of carbonyl (C=O) groups is 1. The first-order valence-corrected chi connectivity index (χ1v) is 9.33. The zero-order chi connectivity index (χ0) is 19.2. The van der Waals surface area contributed by atoms with Crippen LogP contribution in [0.5, 0.6) is 11.5 Å². The molecule has 0 spiro atoms. The van der Waals surface area contributed by atoms with E-state index in [1.807, 2.05) is 23.1 Å². The maximum atomic E-state index is 12.8. The molecule has 3 rings (SSSR count). The van der Waals surface area contributed by atoms with E-state index in [-0.39, 0.29) is 12.0 Å². The van der Waals surface area contributed by atoms with Gasteiger partial charge in [-0.2, -0.15) is 0 Å². The van der Waals surface area contributed by atoms with E-state index in [4.69, 9.17) is 14.2 Å². The second-order valence-corrected chi connectivity index (χ2v) is 6.66. The molecular formula is C22H27NO4. The van der Waals surface area contributed by atoms with Gasteiger partial charge in [0.1, 0.15) is 6.10 Å². The van der Waals surface area contributed by atoms with Crippen molar-refractivity contribution in [1.82, 2.24) is 4.90 Å². The lowest BCUT2D eigenvalue weighted by atomic mass is 10.0. The molecule has 0 saturated carbocycles. The van der Waals surface area contributed by atoms with E-state index < -0.39 is 0 Å². The number of ether oxygens (including phenoxy) is 3. The average molecular weight is 369 g/mol. The summed E-state index contributed by atoms with van der Waals surface area (Å²) >= 11 is 0. The molecular weight excluding hydrogens is 342 g/mol. The van der Waals surface area contributed by atoms with Crippen LogP contribution < -0.4 is 9.47 Å². The van der Waals surface area contributed by atoms with Gasteiger partial charge in [0.25, 0.3) is 0 Å². The van der Waals surface area contributed by atoms with Crippen LogP contribution in [0.1, 0.15) is 29.7 Å². The Morgan fingerprint density at radius 3 is 2.44 bits per heavy atom. The smallest absolute Gasteiger partial charge is 0.227 e. The van der Waals surface area contributed by atoms with Crippen molar-refractivity contribution in [3.63, 3.8) is 0 Å². The zero-order valence-corrected chi connectivity index (χ0v) is 16.2. The monoisotopic (exact) mass is 369 g/mol. The Bertz CT molecular complexity index is 772. The third-order valence-corrected chi connectivity index (χ3v) is 4.98. The van der Waals surface area contributed by atoms with Gasteiger partial charge in [0.15, 0.2) is 11.5 Å². The summed E-state index contributed by atoms with van der Waals surface area (Å²) in [5, 5.41) is 0. The minimum Gasteiger partial charge on any atom is -0.493 e. The molecule has 0 radical (unpaired) electrons. The third kappa shape index (κ3) is 4.61. The van der Waals surface area contributed by atoms with Crippen molar-refractivity contribution in [2.75, 3.05) is 33.9 Å². The molecule has 1 amide bonds. The molecule has 0 N–H and O–H groups in total. The summed E-state index contributed by atoms with van der Waals surface area (Å²) in [5.41, 5.74) is 3.33. The Morgan fingerprint density at radius 1 is 1.07 bits per heavy atom. The fraction of sp³-hybridized carbons (Fsp3) is 0.409. The number of rotatable bonds is 6. The first-order chi connectivity index (χ1) is 13.1. The molecule has 0 aromatic heterocycles. The van der Waals surface area contributed by atoms with Gasteiger partial charge in [0, 0.05) is 6.54 Å². The van der Waals surface area contributed by atoms with Crippen LogP contribution in [0.3, 0.4) is 0 Å². The van der Waals surface area contributed by atoms with Crippen LogP contribution >= 0.6 is 0 Å². The van der Waals surface area contributed by atoms with Crippen LogP contribution in [-0.2, 0) is 22.4 Å². The molecule has 0 aliphatic carbocycles. The van der Waals surface area contributed by atoms with Crippen LogP contribution in [0.25, 0.3) is 0 Å². The third-order valence-electron chi connectivity index (χ3n) is 4.98. The van der Waals surface area contributed by atoms with Crippen LogP contribution in [-0.4, -0.2) is 44.7 Å². The van der Waals surface area contributed by atoms with Gasteiger partial charge in [-0.3, -0.25) is 4.79 Å². The van der Waals surface area contributed by atoms with Crippen molar-refractivity contribution in [3.05, 3.63) is 59.2 Å². The Kier molecular flexibility index (Phi) is 6.35. The molecule has 1 heterocycles. The summed E-state index contributed by atoms with van der Waals surface area (Å²) in [6.45, 7) is 3.89.